The molecule has 0 saturated heterocycles. The number of methoxy groups -OCH3 is 1. The maximum absolute atomic E-state index is 13.3. The minimum absolute atomic E-state index is 0.0395. The first-order valence-corrected chi connectivity index (χ1v) is 10.4. The Balaban J connectivity index is 2.19. The van der Waals surface area contributed by atoms with Crippen LogP contribution in [0.25, 0.3) is 22.3 Å². The van der Waals surface area contributed by atoms with E-state index < -0.39 is 27.1 Å². The first-order chi connectivity index (χ1) is 13.7. The van der Waals surface area contributed by atoms with Crippen molar-refractivity contribution in [2.24, 2.45) is 0 Å². The summed E-state index contributed by atoms with van der Waals surface area (Å²) in [6.07, 6.45) is 0.979. The zero-order valence-electron chi connectivity index (χ0n) is 15.8. The van der Waals surface area contributed by atoms with E-state index in [1.54, 1.807) is 0 Å². The van der Waals surface area contributed by atoms with Gasteiger partial charge in [0.1, 0.15) is 22.9 Å². The first kappa shape index (κ1) is 20.6. The largest absolute Gasteiger partial charge is 0.506 e. The lowest BCUT2D eigenvalue weighted by molar-refractivity contribution is 0.0964. The Hall–Kier alpha value is -3.11. The normalized spacial score (nSPS) is 12.7. The maximum Gasteiger partial charge on any atom is 0.255 e. The highest BCUT2D eigenvalue weighted by Crippen LogP contribution is 2.39. The van der Waals surface area contributed by atoms with Crippen LogP contribution in [0.4, 0.5) is 10.1 Å². The van der Waals surface area contributed by atoms with Crippen LogP contribution >= 0.6 is 0 Å². The van der Waals surface area contributed by atoms with E-state index in [2.05, 4.69) is 10.6 Å². The molecule has 1 atom stereocenters. The lowest BCUT2D eigenvalue weighted by Crippen LogP contribution is -2.30. The van der Waals surface area contributed by atoms with E-state index in [1.807, 2.05) is 0 Å². The number of amides is 1. The molecule has 0 aliphatic heterocycles. The van der Waals surface area contributed by atoms with Crippen molar-refractivity contribution in [3.63, 3.8) is 0 Å². The number of sulfone groups is 1. The average molecular weight is 422 g/mol. The number of furan rings is 1. The van der Waals surface area contributed by atoms with Gasteiger partial charge in [0.15, 0.2) is 9.84 Å². The van der Waals surface area contributed by atoms with Crippen molar-refractivity contribution >= 4 is 32.4 Å². The van der Waals surface area contributed by atoms with E-state index in [0.29, 0.717) is 10.9 Å². The number of benzene rings is 2. The second-order valence-electron chi connectivity index (χ2n) is 6.30. The summed E-state index contributed by atoms with van der Waals surface area (Å²) in [7, 11) is -0.974. The molecule has 0 spiro atoms. The topological polar surface area (TPSA) is 118 Å². The predicted octanol–water partition coefficient (Wildman–Crippen LogP) is 2.69. The van der Waals surface area contributed by atoms with Gasteiger partial charge in [0.2, 0.25) is 5.56 Å². The number of phenols is 1. The number of halogens is 1. The Morgan fingerprint density at radius 1 is 1.24 bits per heavy atom. The fourth-order valence-electron chi connectivity index (χ4n) is 2.87. The third-order valence-electron chi connectivity index (χ3n) is 4.24. The summed E-state index contributed by atoms with van der Waals surface area (Å²) in [6.45, 7) is 0. The molecule has 10 heteroatoms. The molecule has 3 rings (SSSR count). The number of nitrogens with one attached hydrogen (secondary N) is 2. The molecule has 3 aromatic rings. The number of fused-ring (bicyclic) bond motifs is 1. The first-order valence-electron chi connectivity index (χ1n) is 8.41. The second kappa shape index (κ2) is 7.72. The fourth-order valence-corrected chi connectivity index (χ4v) is 3.56. The average Bonchev–Trinajstić information content (AvgIpc) is 3.03. The number of anilines is 1. The van der Waals surface area contributed by atoms with Gasteiger partial charge in [-0.15, -0.1) is 0 Å². The van der Waals surface area contributed by atoms with Crippen LogP contribution in [0.5, 0.6) is 5.75 Å². The molecule has 1 amide bonds. The van der Waals surface area contributed by atoms with Gasteiger partial charge in [0.25, 0.3) is 5.91 Å². The highest BCUT2D eigenvalue weighted by molar-refractivity contribution is 7.91. The van der Waals surface area contributed by atoms with Crippen LogP contribution in [0.15, 0.2) is 40.8 Å². The van der Waals surface area contributed by atoms with Crippen molar-refractivity contribution < 1.29 is 31.9 Å². The van der Waals surface area contributed by atoms with Crippen molar-refractivity contribution in [3.8, 4) is 17.1 Å². The minimum Gasteiger partial charge on any atom is -0.506 e. The summed E-state index contributed by atoms with van der Waals surface area (Å²) in [5.41, 5.74) is -0.525. The number of hydrogen-bond acceptors (Lipinski definition) is 7. The lowest BCUT2D eigenvalue weighted by Gasteiger charge is -2.17. The van der Waals surface area contributed by atoms with Crippen LogP contribution < -0.4 is 10.6 Å². The molecule has 2 aromatic carbocycles. The van der Waals surface area contributed by atoms with Gasteiger partial charge in [-0.05, 0) is 30.3 Å². The number of carbonyl (C=O) groups excluding carboxylic acids is 1. The van der Waals surface area contributed by atoms with Gasteiger partial charge < -0.3 is 24.9 Å². The molecule has 0 radical (unpaired) electrons. The molecule has 0 fully saturated rings. The van der Waals surface area contributed by atoms with E-state index in [4.69, 9.17) is 9.15 Å². The Morgan fingerprint density at radius 3 is 2.45 bits per heavy atom. The number of aromatic hydroxyl groups is 1. The number of hydrogen-bond donors (Lipinski definition) is 3. The quantitative estimate of drug-likeness (QED) is 0.413. The van der Waals surface area contributed by atoms with Crippen LogP contribution in [-0.2, 0) is 14.6 Å². The van der Waals surface area contributed by atoms with Crippen LogP contribution in [0.3, 0.4) is 0 Å². The van der Waals surface area contributed by atoms with Crippen molar-refractivity contribution in [3.05, 3.63) is 47.8 Å². The number of carbonyl (C=O) groups is 1. The van der Waals surface area contributed by atoms with Crippen molar-refractivity contribution in [2.45, 2.75) is 5.56 Å². The highest BCUT2D eigenvalue weighted by atomic mass is 32.2. The van der Waals surface area contributed by atoms with Crippen LogP contribution in [0.1, 0.15) is 10.4 Å². The zero-order chi connectivity index (χ0) is 21.3. The second-order valence-corrected chi connectivity index (χ2v) is 8.39. The zero-order valence-corrected chi connectivity index (χ0v) is 16.6. The van der Waals surface area contributed by atoms with E-state index in [9.17, 15) is 22.7 Å². The van der Waals surface area contributed by atoms with Gasteiger partial charge in [0.05, 0.1) is 11.3 Å². The molecular formula is C19H19FN2O6S. The highest BCUT2D eigenvalue weighted by Gasteiger charge is 2.25. The predicted molar refractivity (Wildman–Crippen MR) is 106 cm³/mol. The summed E-state index contributed by atoms with van der Waals surface area (Å²) in [5.74, 6) is -1.03. The third-order valence-corrected chi connectivity index (χ3v) is 5.33. The van der Waals surface area contributed by atoms with Crippen LogP contribution in [0.2, 0.25) is 0 Å². The van der Waals surface area contributed by atoms with Crippen LogP contribution in [-0.4, -0.2) is 45.4 Å². The maximum atomic E-state index is 13.3. The SMILES string of the molecule is CNC(=O)c1c(-c2ccc(F)cc2)oc2cc(NC(OC)S(C)(=O)=O)c(O)cc12. The van der Waals surface area contributed by atoms with E-state index in [0.717, 1.165) is 6.26 Å². The van der Waals surface area contributed by atoms with Gasteiger partial charge >= 0.3 is 0 Å². The monoisotopic (exact) mass is 422 g/mol. The number of ether oxygens (including phenoxy) is 1. The Kier molecular flexibility index (Phi) is 5.49. The number of rotatable bonds is 6. The van der Waals surface area contributed by atoms with Gasteiger partial charge in [-0.1, -0.05) is 0 Å². The van der Waals surface area contributed by atoms with Gasteiger partial charge in [0, 0.05) is 37.4 Å². The van der Waals surface area contributed by atoms with E-state index in [1.165, 1.54) is 50.6 Å². The molecule has 3 N–H and O–H groups in total. The molecule has 29 heavy (non-hydrogen) atoms. The molecule has 1 aromatic heterocycles. The summed E-state index contributed by atoms with van der Waals surface area (Å²) in [6, 6.07) is 8.03. The van der Waals surface area contributed by atoms with Gasteiger partial charge in [-0.2, -0.15) is 0 Å². The standard InChI is InChI=1S/C19H19FN2O6S/c1-21-18(24)16-12-8-14(23)13(22-19(27-2)29(3,25)26)9-15(12)28-17(16)10-4-6-11(20)7-5-10/h4-9,19,22-23H,1-3H3,(H,21,24). The molecule has 154 valence electrons. The Morgan fingerprint density at radius 2 is 1.90 bits per heavy atom. The fraction of sp³-hybridized carbons (Fsp3) is 0.211. The number of phenolic OH excluding ortho intramolecular Hbond substituents is 1. The third kappa shape index (κ3) is 4.03. The van der Waals surface area contributed by atoms with Crippen molar-refractivity contribution in [2.75, 3.05) is 25.7 Å². The molecule has 0 aliphatic rings. The van der Waals surface area contributed by atoms with Crippen molar-refractivity contribution in [1.82, 2.24) is 5.32 Å². The summed E-state index contributed by atoms with van der Waals surface area (Å²) in [4.78, 5) is 12.5. The van der Waals surface area contributed by atoms with Crippen molar-refractivity contribution in [1.29, 1.82) is 0 Å². The van der Waals surface area contributed by atoms with E-state index in [-0.39, 0.29) is 28.3 Å². The van der Waals surface area contributed by atoms with Gasteiger partial charge in [-0.25, -0.2) is 12.8 Å². The molecule has 1 heterocycles. The molecule has 0 saturated carbocycles. The lowest BCUT2D eigenvalue weighted by atomic mass is 10.0. The van der Waals surface area contributed by atoms with Crippen LogP contribution in [0, 0.1) is 5.82 Å². The molecule has 0 aliphatic carbocycles. The molecule has 1 unspecified atom stereocenters. The molecule has 0 bridgehead atoms. The summed E-state index contributed by atoms with van der Waals surface area (Å²) < 4.78 is 47.5. The summed E-state index contributed by atoms with van der Waals surface area (Å²) >= 11 is 0. The van der Waals surface area contributed by atoms with Gasteiger partial charge in [-0.3, -0.25) is 4.79 Å². The Labute approximate surface area is 166 Å². The Bertz CT molecular complexity index is 1170. The molecule has 8 nitrogen and oxygen atoms in total. The smallest absolute Gasteiger partial charge is 0.255 e. The van der Waals surface area contributed by atoms with E-state index >= 15 is 0 Å². The molecular weight excluding hydrogens is 403 g/mol. The summed E-state index contributed by atoms with van der Waals surface area (Å²) in [5, 5.41) is 15.8. The minimum atomic E-state index is -3.63.